The van der Waals surface area contributed by atoms with Crippen LogP contribution in [0.5, 0.6) is 0 Å². The van der Waals surface area contributed by atoms with Crippen molar-refractivity contribution in [3.05, 3.63) is 91.5 Å². The van der Waals surface area contributed by atoms with Crippen LogP contribution in [-0.4, -0.2) is 22.4 Å². The maximum atomic E-state index is 12.6. The van der Waals surface area contributed by atoms with Crippen molar-refractivity contribution in [3.63, 3.8) is 0 Å². The van der Waals surface area contributed by atoms with E-state index in [1.165, 1.54) is 24.3 Å². The highest BCUT2D eigenvalue weighted by molar-refractivity contribution is 8.00. The minimum absolute atomic E-state index is 0.0930. The number of carbonyl (C=O) groups excluding carboxylic acids is 1. The van der Waals surface area contributed by atoms with E-state index in [1.807, 2.05) is 0 Å². The van der Waals surface area contributed by atoms with Gasteiger partial charge in [0.15, 0.2) is 0 Å². The van der Waals surface area contributed by atoms with Crippen molar-refractivity contribution in [1.29, 1.82) is 0 Å². The predicted molar refractivity (Wildman–Crippen MR) is 122 cm³/mol. The van der Waals surface area contributed by atoms with Crippen LogP contribution in [0.25, 0.3) is 0 Å². The summed E-state index contributed by atoms with van der Waals surface area (Å²) < 4.78 is 5.14. The molecule has 0 spiro atoms. The van der Waals surface area contributed by atoms with Gasteiger partial charge in [0.1, 0.15) is 0 Å². The molecule has 0 N–H and O–H groups in total. The number of esters is 1. The monoisotopic (exact) mass is 490 g/mol. The fraction of sp³-hybridized carbons (Fsp3) is 0.0952. The van der Waals surface area contributed by atoms with Gasteiger partial charge in [0.25, 0.3) is 11.4 Å². The highest BCUT2D eigenvalue weighted by Gasteiger charge is 2.22. The van der Waals surface area contributed by atoms with E-state index in [0.717, 1.165) is 23.5 Å². The Morgan fingerprint density at radius 1 is 0.875 bits per heavy atom. The number of carbonyl (C=O) groups is 1. The average Bonchev–Trinajstić information content (AvgIpc) is 2.76. The number of nitro groups is 2. The number of hydrogen-bond donors (Lipinski definition) is 0. The standard InChI is InChI=1S/C21H15ClN2O6S2/c1-2-30-21(25)13-11-20(32-18-10-6-4-8-16(18)24(28)29)14(22)12-19(13)31-17-9-5-3-7-15(17)23(26)27/h3-12H,2H2,1H3. The van der Waals surface area contributed by atoms with Gasteiger partial charge in [-0.1, -0.05) is 59.4 Å². The fourth-order valence-corrected chi connectivity index (χ4v) is 5.06. The van der Waals surface area contributed by atoms with E-state index >= 15 is 0 Å². The Kier molecular flexibility index (Phi) is 7.73. The number of rotatable bonds is 8. The number of nitro benzene ring substituents is 2. The second-order valence-electron chi connectivity index (χ2n) is 6.15. The maximum Gasteiger partial charge on any atom is 0.339 e. The third-order valence-corrected chi connectivity index (χ3v) is 6.76. The zero-order valence-electron chi connectivity index (χ0n) is 16.5. The number of benzene rings is 3. The van der Waals surface area contributed by atoms with Gasteiger partial charge in [-0.05, 0) is 31.2 Å². The molecule has 0 aliphatic carbocycles. The van der Waals surface area contributed by atoms with E-state index in [2.05, 4.69) is 0 Å². The molecule has 3 rings (SSSR count). The molecule has 0 unspecified atom stereocenters. The highest BCUT2D eigenvalue weighted by atomic mass is 35.5. The molecule has 0 heterocycles. The van der Waals surface area contributed by atoms with Crippen LogP contribution < -0.4 is 0 Å². The lowest BCUT2D eigenvalue weighted by Crippen LogP contribution is -2.07. The second-order valence-corrected chi connectivity index (χ2v) is 8.73. The van der Waals surface area contributed by atoms with Gasteiger partial charge in [-0.25, -0.2) is 4.79 Å². The maximum absolute atomic E-state index is 12.6. The van der Waals surface area contributed by atoms with E-state index in [9.17, 15) is 25.0 Å². The Morgan fingerprint density at radius 2 is 1.38 bits per heavy atom. The van der Waals surface area contributed by atoms with Crippen molar-refractivity contribution in [3.8, 4) is 0 Å². The molecule has 0 aliphatic heterocycles. The smallest absolute Gasteiger partial charge is 0.339 e. The predicted octanol–water partition coefficient (Wildman–Crippen LogP) is 6.64. The summed E-state index contributed by atoms with van der Waals surface area (Å²) in [4.78, 5) is 35.8. The van der Waals surface area contributed by atoms with Crippen molar-refractivity contribution in [2.45, 2.75) is 26.5 Å². The zero-order chi connectivity index (χ0) is 23.3. The van der Waals surface area contributed by atoms with Gasteiger partial charge in [0, 0.05) is 21.9 Å². The average molecular weight is 491 g/mol. The summed E-state index contributed by atoms with van der Waals surface area (Å²) in [6.07, 6.45) is 0. The molecule has 0 saturated carbocycles. The molecule has 0 bridgehead atoms. The largest absolute Gasteiger partial charge is 0.462 e. The number of hydrogen-bond acceptors (Lipinski definition) is 8. The van der Waals surface area contributed by atoms with Crippen molar-refractivity contribution >= 4 is 52.5 Å². The SMILES string of the molecule is CCOC(=O)c1cc(Sc2ccccc2[N+](=O)[O-])c(Cl)cc1Sc1ccccc1[N+](=O)[O-]. The molecule has 8 nitrogen and oxygen atoms in total. The van der Waals surface area contributed by atoms with Gasteiger partial charge in [-0.15, -0.1) is 0 Å². The second kappa shape index (κ2) is 10.5. The summed E-state index contributed by atoms with van der Waals surface area (Å²) in [5.74, 6) is -0.630. The van der Waals surface area contributed by atoms with Crippen molar-refractivity contribution in [2.24, 2.45) is 0 Å². The Labute approximate surface area is 196 Å². The third-order valence-electron chi connectivity index (χ3n) is 4.09. The number of ether oxygens (including phenoxy) is 1. The highest BCUT2D eigenvalue weighted by Crippen LogP contribution is 2.43. The molecular weight excluding hydrogens is 476 g/mol. The lowest BCUT2D eigenvalue weighted by molar-refractivity contribution is -0.387. The fourth-order valence-electron chi connectivity index (χ4n) is 2.69. The van der Waals surface area contributed by atoms with E-state index in [-0.39, 0.29) is 28.6 Å². The first-order chi connectivity index (χ1) is 15.3. The Morgan fingerprint density at radius 3 is 1.88 bits per heavy atom. The quantitative estimate of drug-likeness (QED) is 0.196. The molecule has 3 aromatic carbocycles. The number of para-hydroxylation sites is 2. The van der Waals surface area contributed by atoms with Crippen LogP contribution in [0.3, 0.4) is 0 Å². The molecular formula is C21H15ClN2O6S2. The summed E-state index contributed by atoms with van der Waals surface area (Å²) in [6.45, 7) is 1.79. The van der Waals surface area contributed by atoms with E-state index in [4.69, 9.17) is 16.3 Å². The summed E-state index contributed by atoms with van der Waals surface area (Å²) in [5, 5.41) is 22.9. The lowest BCUT2D eigenvalue weighted by atomic mass is 10.2. The van der Waals surface area contributed by atoms with Gasteiger partial charge in [0.2, 0.25) is 0 Å². The third kappa shape index (κ3) is 5.39. The summed E-state index contributed by atoms with van der Waals surface area (Å²) in [6, 6.07) is 15.3. The molecule has 32 heavy (non-hydrogen) atoms. The Bertz CT molecular complexity index is 1200. The van der Waals surface area contributed by atoms with Gasteiger partial charge in [-0.2, -0.15) is 0 Å². The molecule has 0 aromatic heterocycles. The van der Waals surface area contributed by atoms with Crippen LogP contribution >= 0.6 is 35.1 Å². The first kappa shape index (κ1) is 23.6. The minimum Gasteiger partial charge on any atom is -0.462 e. The van der Waals surface area contributed by atoms with Crippen LogP contribution in [0.4, 0.5) is 11.4 Å². The van der Waals surface area contributed by atoms with Crippen LogP contribution in [0.1, 0.15) is 17.3 Å². The summed E-state index contributed by atoms with van der Waals surface area (Å²) in [7, 11) is 0. The number of nitrogens with zero attached hydrogens (tertiary/aromatic N) is 2. The van der Waals surface area contributed by atoms with Crippen LogP contribution in [0, 0.1) is 20.2 Å². The normalized spacial score (nSPS) is 10.6. The number of halogens is 1. The van der Waals surface area contributed by atoms with Crippen LogP contribution in [-0.2, 0) is 4.74 Å². The van der Waals surface area contributed by atoms with Crippen molar-refractivity contribution in [2.75, 3.05) is 6.61 Å². The van der Waals surface area contributed by atoms with Gasteiger partial charge in [0.05, 0.1) is 36.8 Å². The minimum atomic E-state index is -0.630. The zero-order valence-corrected chi connectivity index (χ0v) is 18.9. The van der Waals surface area contributed by atoms with Gasteiger partial charge >= 0.3 is 5.97 Å². The van der Waals surface area contributed by atoms with Gasteiger partial charge in [-0.3, -0.25) is 20.2 Å². The molecule has 0 saturated heterocycles. The lowest BCUT2D eigenvalue weighted by Gasteiger charge is -2.13. The topological polar surface area (TPSA) is 113 Å². The first-order valence-electron chi connectivity index (χ1n) is 9.15. The van der Waals surface area contributed by atoms with E-state index in [0.29, 0.717) is 19.6 Å². The Hall–Kier alpha value is -3.08. The molecule has 3 aromatic rings. The molecule has 0 amide bonds. The first-order valence-corrected chi connectivity index (χ1v) is 11.2. The van der Waals surface area contributed by atoms with Crippen molar-refractivity contribution < 1.29 is 19.4 Å². The summed E-state index contributed by atoms with van der Waals surface area (Å²) >= 11 is 8.50. The van der Waals surface area contributed by atoms with Crippen LogP contribution in [0.15, 0.2) is 80.2 Å². The van der Waals surface area contributed by atoms with Crippen molar-refractivity contribution in [1.82, 2.24) is 0 Å². The molecule has 0 atom stereocenters. The summed E-state index contributed by atoms with van der Waals surface area (Å²) in [5.41, 5.74) is -0.0492. The van der Waals surface area contributed by atoms with Gasteiger partial charge < -0.3 is 4.74 Å². The molecule has 11 heteroatoms. The molecule has 0 aliphatic rings. The van der Waals surface area contributed by atoms with Crippen LogP contribution in [0.2, 0.25) is 5.02 Å². The molecule has 0 fully saturated rings. The molecule has 164 valence electrons. The van der Waals surface area contributed by atoms with E-state index in [1.54, 1.807) is 43.3 Å². The molecule has 0 radical (unpaired) electrons. The Balaban J connectivity index is 2.07. The van der Waals surface area contributed by atoms with E-state index < -0.39 is 15.8 Å².